The van der Waals surface area contributed by atoms with Crippen LogP contribution in [0.15, 0.2) is 127 Å². The Morgan fingerprint density at radius 2 is 1.40 bits per heavy atom. The average Bonchev–Trinajstić information content (AvgIpc) is 3.14. The standard InChI is InChI=1S/C41H37FN2O6/c1-50-35-21-17-31(18-22-35)38-36(23-24-37(45)30-15-19-34(42)20-16-30)40(47)44(38)43(26-29-5-3-2-4-6-29)39(46)32-11-7-27(8-12-32)25-28-9-13-33(14-10-28)41(48)49/h2-22,36-38,45H,23-26H2,1H3,(H,48,49). The van der Waals surface area contributed by atoms with Gasteiger partial charge in [-0.3, -0.25) is 9.59 Å². The number of carboxylic acid groups (broad SMARTS) is 1. The summed E-state index contributed by atoms with van der Waals surface area (Å²) in [5, 5.41) is 23.1. The van der Waals surface area contributed by atoms with Crippen molar-refractivity contribution in [2.45, 2.75) is 38.0 Å². The first-order valence-electron chi connectivity index (χ1n) is 16.4. The average molecular weight is 673 g/mol. The van der Waals surface area contributed by atoms with Gasteiger partial charge in [0.2, 0.25) is 5.91 Å². The summed E-state index contributed by atoms with van der Waals surface area (Å²) in [6.07, 6.45) is 0.289. The summed E-state index contributed by atoms with van der Waals surface area (Å²) in [6, 6.07) is 35.9. The van der Waals surface area contributed by atoms with E-state index in [1.807, 2.05) is 66.7 Å². The van der Waals surface area contributed by atoms with E-state index in [-0.39, 0.29) is 30.3 Å². The van der Waals surface area contributed by atoms with Gasteiger partial charge in [0.1, 0.15) is 11.6 Å². The van der Waals surface area contributed by atoms with Gasteiger partial charge in [0.15, 0.2) is 0 Å². The number of aliphatic hydroxyl groups excluding tert-OH is 1. The maximum atomic E-state index is 14.3. The number of hydrazine groups is 1. The van der Waals surface area contributed by atoms with Crippen molar-refractivity contribution in [1.82, 2.24) is 10.0 Å². The largest absolute Gasteiger partial charge is 0.497 e. The van der Waals surface area contributed by atoms with Crippen LogP contribution in [0.2, 0.25) is 0 Å². The van der Waals surface area contributed by atoms with Crippen LogP contribution in [0, 0.1) is 11.7 Å². The van der Waals surface area contributed by atoms with Crippen LogP contribution in [-0.4, -0.2) is 45.1 Å². The molecule has 1 aliphatic rings. The Morgan fingerprint density at radius 1 is 0.800 bits per heavy atom. The number of rotatable bonds is 13. The van der Waals surface area contributed by atoms with Gasteiger partial charge in [-0.25, -0.2) is 19.2 Å². The van der Waals surface area contributed by atoms with Crippen molar-refractivity contribution in [3.63, 3.8) is 0 Å². The molecule has 9 heteroatoms. The van der Waals surface area contributed by atoms with Crippen LogP contribution in [0.25, 0.3) is 0 Å². The summed E-state index contributed by atoms with van der Waals surface area (Å²) < 4.78 is 18.9. The molecular formula is C41H37FN2O6. The van der Waals surface area contributed by atoms with E-state index < -0.39 is 29.9 Å². The minimum absolute atomic E-state index is 0.153. The predicted octanol–water partition coefficient (Wildman–Crippen LogP) is 7.39. The first-order chi connectivity index (χ1) is 24.2. The first-order valence-corrected chi connectivity index (χ1v) is 16.4. The SMILES string of the molecule is COc1ccc(C2C(CCC(O)c3ccc(F)cc3)C(=O)N2N(Cc2ccccc2)C(=O)c2ccc(Cc3ccc(C(=O)O)cc3)cc2)cc1. The number of aliphatic hydroxyl groups is 1. The molecular weight excluding hydrogens is 635 g/mol. The predicted molar refractivity (Wildman–Crippen MR) is 186 cm³/mol. The van der Waals surface area contributed by atoms with Crippen molar-refractivity contribution >= 4 is 17.8 Å². The highest BCUT2D eigenvalue weighted by Gasteiger charge is 2.52. The molecule has 0 aliphatic carbocycles. The fourth-order valence-corrected chi connectivity index (χ4v) is 6.36. The fraction of sp³-hybridized carbons (Fsp3) is 0.195. The molecule has 0 saturated carbocycles. The zero-order valence-electron chi connectivity index (χ0n) is 27.5. The third-order valence-electron chi connectivity index (χ3n) is 9.13. The second kappa shape index (κ2) is 15.2. The van der Waals surface area contributed by atoms with Crippen LogP contribution >= 0.6 is 0 Å². The van der Waals surface area contributed by atoms with E-state index in [1.165, 1.54) is 34.3 Å². The Bertz CT molecular complexity index is 1930. The Labute approximate surface area is 290 Å². The first kappa shape index (κ1) is 34.1. The molecule has 2 N–H and O–H groups in total. The maximum absolute atomic E-state index is 14.3. The van der Waals surface area contributed by atoms with Crippen LogP contribution < -0.4 is 4.74 Å². The maximum Gasteiger partial charge on any atom is 0.335 e. The lowest BCUT2D eigenvalue weighted by Crippen LogP contribution is -2.63. The van der Waals surface area contributed by atoms with Crippen molar-refractivity contribution in [2.24, 2.45) is 5.92 Å². The van der Waals surface area contributed by atoms with Crippen LogP contribution in [-0.2, 0) is 17.8 Å². The molecule has 8 nitrogen and oxygen atoms in total. The Hall–Kier alpha value is -5.80. The monoisotopic (exact) mass is 672 g/mol. The molecule has 2 amide bonds. The summed E-state index contributed by atoms with van der Waals surface area (Å²) in [6.45, 7) is 0.153. The van der Waals surface area contributed by atoms with Crippen molar-refractivity contribution in [3.8, 4) is 5.75 Å². The number of hydrogen-bond donors (Lipinski definition) is 2. The van der Waals surface area contributed by atoms with Gasteiger partial charge in [-0.1, -0.05) is 78.9 Å². The van der Waals surface area contributed by atoms with Crippen molar-refractivity contribution < 1.29 is 33.7 Å². The summed E-state index contributed by atoms with van der Waals surface area (Å²) in [4.78, 5) is 39.7. The third kappa shape index (κ3) is 7.58. The van der Waals surface area contributed by atoms with Crippen LogP contribution in [0.1, 0.15) is 73.5 Å². The van der Waals surface area contributed by atoms with Crippen molar-refractivity contribution in [2.75, 3.05) is 7.11 Å². The van der Waals surface area contributed by atoms with E-state index in [4.69, 9.17) is 4.74 Å². The lowest BCUT2D eigenvalue weighted by molar-refractivity contribution is -0.186. The molecule has 3 atom stereocenters. The van der Waals surface area contributed by atoms with Gasteiger partial charge in [0.05, 0.1) is 37.3 Å². The van der Waals surface area contributed by atoms with Crippen LogP contribution in [0.4, 0.5) is 4.39 Å². The number of amides is 2. The minimum atomic E-state index is -0.983. The molecule has 5 aromatic carbocycles. The molecule has 1 fully saturated rings. The van der Waals surface area contributed by atoms with Gasteiger partial charge < -0.3 is 14.9 Å². The number of methoxy groups -OCH3 is 1. The lowest BCUT2D eigenvalue weighted by Gasteiger charge is -2.52. The number of aromatic carboxylic acids is 1. The molecule has 254 valence electrons. The van der Waals surface area contributed by atoms with Gasteiger partial charge in [-0.2, -0.15) is 0 Å². The molecule has 6 rings (SSSR count). The number of nitrogens with zero attached hydrogens (tertiary/aromatic N) is 2. The van der Waals surface area contributed by atoms with Crippen molar-refractivity contribution in [1.29, 1.82) is 0 Å². The highest BCUT2D eigenvalue weighted by atomic mass is 19.1. The zero-order chi connectivity index (χ0) is 35.2. The highest BCUT2D eigenvalue weighted by Crippen LogP contribution is 2.45. The van der Waals surface area contributed by atoms with E-state index in [2.05, 4.69) is 0 Å². The van der Waals surface area contributed by atoms with E-state index in [9.17, 15) is 29.0 Å². The molecule has 3 unspecified atom stereocenters. The number of carbonyl (C=O) groups excluding carboxylic acids is 2. The summed E-state index contributed by atoms with van der Waals surface area (Å²) in [7, 11) is 1.58. The van der Waals surface area contributed by atoms with Gasteiger partial charge in [-0.05, 0) is 95.6 Å². The normalized spacial score (nSPS) is 16.0. The van der Waals surface area contributed by atoms with E-state index >= 15 is 0 Å². The number of carboxylic acids is 1. The summed E-state index contributed by atoms with van der Waals surface area (Å²) in [5.74, 6) is -1.81. The van der Waals surface area contributed by atoms with Gasteiger partial charge in [0.25, 0.3) is 5.91 Å². The molecule has 0 radical (unpaired) electrons. The number of carbonyl (C=O) groups is 3. The minimum Gasteiger partial charge on any atom is -0.497 e. The Balaban J connectivity index is 1.27. The molecule has 5 aromatic rings. The number of ether oxygens (including phenoxy) is 1. The quantitative estimate of drug-likeness (QED) is 0.126. The number of benzene rings is 5. The van der Waals surface area contributed by atoms with Crippen molar-refractivity contribution in [3.05, 3.63) is 172 Å². The number of hydrogen-bond acceptors (Lipinski definition) is 5. The van der Waals surface area contributed by atoms with Gasteiger partial charge >= 0.3 is 5.97 Å². The van der Waals surface area contributed by atoms with Gasteiger partial charge in [0, 0.05) is 5.56 Å². The fourth-order valence-electron chi connectivity index (χ4n) is 6.36. The second-order valence-corrected chi connectivity index (χ2v) is 12.4. The molecule has 0 spiro atoms. The van der Waals surface area contributed by atoms with Crippen LogP contribution in [0.5, 0.6) is 5.75 Å². The Kier molecular flexibility index (Phi) is 10.3. The molecule has 0 bridgehead atoms. The second-order valence-electron chi connectivity index (χ2n) is 12.4. The topological polar surface area (TPSA) is 107 Å². The summed E-state index contributed by atoms with van der Waals surface area (Å²) in [5.41, 5.74) is 4.73. The number of halogens is 1. The smallest absolute Gasteiger partial charge is 0.335 e. The molecule has 1 aliphatic heterocycles. The number of β-lactam (4-membered cyclic amide) rings is 1. The summed E-state index contributed by atoms with van der Waals surface area (Å²) >= 11 is 0. The molecule has 1 heterocycles. The molecule has 50 heavy (non-hydrogen) atoms. The van der Waals surface area contributed by atoms with E-state index in [0.29, 0.717) is 29.7 Å². The Morgan fingerprint density at radius 3 is 1.98 bits per heavy atom. The third-order valence-corrected chi connectivity index (χ3v) is 9.13. The molecule has 1 saturated heterocycles. The van der Waals surface area contributed by atoms with E-state index in [1.54, 1.807) is 43.5 Å². The highest BCUT2D eigenvalue weighted by molar-refractivity contribution is 5.97. The molecule has 0 aromatic heterocycles. The van der Waals surface area contributed by atoms with E-state index in [0.717, 1.165) is 22.3 Å². The van der Waals surface area contributed by atoms with Crippen LogP contribution in [0.3, 0.4) is 0 Å². The van der Waals surface area contributed by atoms with Gasteiger partial charge in [-0.15, -0.1) is 0 Å². The zero-order valence-corrected chi connectivity index (χ0v) is 27.5. The lowest BCUT2D eigenvalue weighted by atomic mass is 9.79.